The number of hydrogen-bond donors (Lipinski definition) is 2. The van der Waals surface area contributed by atoms with Gasteiger partial charge < -0.3 is 19.9 Å². The second-order valence-electron chi connectivity index (χ2n) is 6.59. The summed E-state index contributed by atoms with van der Waals surface area (Å²) in [6.07, 6.45) is -2.72. The van der Waals surface area contributed by atoms with Gasteiger partial charge in [0, 0.05) is 24.6 Å². The van der Waals surface area contributed by atoms with Crippen LogP contribution in [0.3, 0.4) is 0 Å². The molecule has 1 atom stereocenters. The van der Waals surface area contributed by atoms with Crippen molar-refractivity contribution in [2.45, 2.75) is 18.6 Å². The number of halogens is 4. The van der Waals surface area contributed by atoms with Crippen LogP contribution < -0.4 is 15.8 Å². The number of amides is 1. The molecule has 0 saturated carbocycles. The van der Waals surface area contributed by atoms with Crippen LogP contribution in [0.25, 0.3) is 0 Å². The van der Waals surface area contributed by atoms with E-state index in [2.05, 4.69) is 15.3 Å². The van der Waals surface area contributed by atoms with Crippen molar-refractivity contribution < 1.29 is 32.2 Å². The maximum absolute atomic E-state index is 14.4. The number of nitrogens with two attached hydrogens (primary N) is 1. The Morgan fingerprint density at radius 3 is 2.84 bits per heavy atom. The lowest BCUT2D eigenvalue weighted by atomic mass is 9.90. The van der Waals surface area contributed by atoms with Crippen molar-refractivity contribution in [2.75, 3.05) is 25.6 Å². The van der Waals surface area contributed by atoms with Crippen molar-refractivity contribution in [3.8, 4) is 5.88 Å². The molecule has 1 amide bonds. The first-order valence-corrected chi connectivity index (χ1v) is 9.25. The van der Waals surface area contributed by atoms with Gasteiger partial charge in [0.2, 0.25) is 5.88 Å². The lowest BCUT2D eigenvalue weighted by Gasteiger charge is -2.33. The molecule has 0 spiro atoms. The van der Waals surface area contributed by atoms with Gasteiger partial charge in [0.15, 0.2) is 5.54 Å². The molecular weight excluding hydrogens is 441 g/mol. The number of hydrogen-bond acceptors (Lipinski definition) is 7. The molecule has 3 N–H and O–H groups in total. The Morgan fingerprint density at radius 2 is 2.19 bits per heavy atom. The average Bonchev–Trinajstić information content (AvgIpc) is 2.71. The third kappa shape index (κ3) is 5.06. The molecule has 0 bridgehead atoms. The first-order chi connectivity index (χ1) is 14.7. The molecule has 0 radical (unpaired) electrons. The van der Waals surface area contributed by atoms with E-state index in [9.17, 15) is 18.0 Å². The summed E-state index contributed by atoms with van der Waals surface area (Å²) in [4.78, 5) is 19.9. The molecule has 2 heterocycles. The minimum absolute atomic E-state index is 0.0205. The molecule has 0 aliphatic carbocycles. The van der Waals surface area contributed by atoms with Gasteiger partial charge in [-0.1, -0.05) is 11.6 Å². The van der Waals surface area contributed by atoms with Gasteiger partial charge in [-0.15, -0.1) is 0 Å². The van der Waals surface area contributed by atoms with E-state index in [-0.39, 0.29) is 35.6 Å². The largest absolute Gasteiger partial charge is 0.418 e. The summed E-state index contributed by atoms with van der Waals surface area (Å²) in [6, 6.07) is 4.62. The third-order valence-corrected chi connectivity index (χ3v) is 4.59. The fourth-order valence-corrected chi connectivity index (χ4v) is 3.18. The van der Waals surface area contributed by atoms with Crippen LogP contribution in [0.5, 0.6) is 5.88 Å². The lowest BCUT2D eigenvalue weighted by molar-refractivity contribution is -0.0145. The standard InChI is InChI=1S/C19H18ClF3N4O4/c1-29-7-10-4-13(20)16(25-6-10)31-18(28)26-11-2-3-14(21)12(5-11)19(17(22)23)9-30-8-15(24)27-19/h2-6,17H,7-9H2,1H3,(H2,24,27)(H,26,28)/t19-/m0/s1. The maximum atomic E-state index is 14.4. The SMILES string of the molecule is COCc1cnc(OC(=O)Nc2ccc(F)c([C@]3(C(F)F)COCC(N)=N3)c2)c(Cl)c1. The van der Waals surface area contributed by atoms with Crippen LogP contribution in [0.4, 0.5) is 23.7 Å². The second kappa shape index (κ2) is 9.50. The zero-order chi connectivity index (χ0) is 22.6. The van der Waals surface area contributed by atoms with Gasteiger partial charge >= 0.3 is 6.09 Å². The quantitative estimate of drug-likeness (QED) is 0.686. The van der Waals surface area contributed by atoms with Crippen molar-refractivity contribution in [3.05, 3.63) is 52.4 Å². The highest BCUT2D eigenvalue weighted by atomic mass is 35.5. The number of ether oxygens (including phenoxy) is 3. The smallest absolute Gasteiger partial charge is 0.389 e. The van der Waals surface area contributed by atoms with Crippen molar-refractivity contribution in [3.63, 3.8) is 0 Å². The predicted octanol–water partition coefficient (Wildman–Crippen LogP) is 3.48. The molecule has 1 aliphatic rings. The molecule has 1 aromatic carbocycles. The van der Waals surface area contributed by atoms with Crippen molar-refractivity contribution in [1.82, 2.24) is 4.98 Å². The molecule has 0 unspecified atom stereocenters. The highest BCUT2D eigenvalue weighted by Crippen LogP contribution is 2.38. The van der Waals surface area contributed by atoms with E-state index in [1.807, 2.05) is 0 Å². The Hall–Kier alpha value is -2.89. The summed E-state index contributed by atoms with van der Waals surface area (Å²) in [5.41, 5.74) is 3.36. The van der Waals surface area contributed by atoms with E-state index in [0.29, 0.717) is 5.56 Å². The zero-order valence-corrected chi connectivity index (χ0v) is 17.0. The first-order valence-electron chi connectivity index (χ1n) is 8.87. The summed E-state index contributed by atoms with van der Waals surface area (Å²) in [7, 11) is 1.50. The van der Waals surface area contributed by atoms with E-state index < -0.39 is 36.0 Å². The van der Waals surface area contributed by atoms with Gasteiger partial charge in [0.1, 0.15) is 23.3 Å². The number of amidine groups is 1. The number of aromatic nitrogens is 1. The number of methoxy groups -OCH3 is 1. The Kier molecular flexibility index (Phi) is 6.98. The molecule has 0 saturated heterocycles. The van der Waals surface area contributed by atoms with Crippen LogP contribution >= 0.6 is 11.6 Å². The number of carbonyl (C=O) groups is 1. The molecule has 31 heavy (non-hydrogen) atoms. The molecule has 1 aliphatic heterocycles. The number of nitrogens with one attached hydrogen (secondary N) is 1. The Balaban J connectivity index is 1.82. The molecule has 3 rings (SSSR count). The van der Waals surface area contributed by atoms with E-state index in [0.717, 1.165) is 12.1 Å². The normalized spacial score (nSPS) is 18.6. The average molecular weight is 459 g/mol. The Bertz CT molecular complexity index is 1010. The summed E-state index contributed by atoms with van der Waals surface area (Å²) >= 11 is 6.03. The van der Waals surface area contributed by atoms with Gasteiger partial charge in [-0.3, -0.25) is 10.3 Å². The summed E-state index contributed by atoms with van der Waals surface area (Å²) < 4.78 is 57.3. The van der Waals surface area contributed by atoms with Gasteiger partial charge in [-0.05, 0) is 29.8 Å². The van der Waals surface area contributed by atoms with Gasteiger partial charge in [0.25, 0.3) is 6.43 Å². The molecule has 0 fully saturated rings. The monoisotopic (exact) mass is 458 g/mol. The number of alkyl halides is 2. The summed E-state index contributed by atoms with van der Waals surface area (Å²) in [5.74, 6) is -1.33. The van der Waals surface area contributed by atoms with Gasteiger partial charge in [-0.2, -0.15) is 0 Å². The number of rotatable bonds is 6. The number of pyridine rings is 1. The van der Waals surface area contributed by atoms with Crippen LogP contribution in [-0.2, 0) is 21.6 Å². The van der Waals surface area contributed by atoms with E-state index in [1.165, 1.54) is 25.4 Å². The highest BCUT2D eigenvalue weighted by molar-refractivity contribution is 6.32. The molecule has 166 valence electrons. The summed E-state index contributed by atoms with van der Waals surface area (Å²) in [5, 5.41) is 2.38. The molecule has 12 heteroatoms. The number of nitrogens with zero attached hydrogens (tertiary/aromatic N) is 2. The maximum Gasteiger partial charge on any atom is 0.418 e. The van der Waals surface area contributed by atoms with Crippen molar-refractivity contribution in [2.24, 2.45) is 10.7 Å². The minimum Gasteiger partial charge on any atom is -0.389 e. The first kappa shape index (κ1) is 22.8. The fraction of sp³-hybridized carbons (Fsp3) is 0.316. The summed E-state index contributed by atoms with van der Waals surface area (Å²) in [6.45, 7) is -0.457. The van der Waals surface area contributed by atoms with Crippen LogP contribution in [0.2, 0.25) is 5.02 Å². The zero-order valence-electron chi connectivity index (χ0n) is 16.2. The number of aliphatic imine (C=N–C) groups is 1. The minimum atomic E-state index is -3.11. The van der Waals surface area contributed by atoms with Crippen molar-refractivity contribution >= 4 is 29.2 Å². The molecule has 8 nitrogen and oxygen atoms in total. The van der Waals surface area contributed by atoms with Crippen LogP contribution in [-0.4, -0.2) is 43.7 Å². The topological polar surface area (TPSA) is 108 Å². The van der Waals surface area contributed by atoms with E-state index >= 15 is 0 Å². The van der Waals surface area contributed by atoms with E-state index in [1.54, 1.807) is 0 Å². The fourth-order valence-electron chi connectivity index (χ4n) is 2.95. The Morgan fingerprint density at radius 1 is 1.42 bits per heavy atom. The van der Waals surface area contributed by atoms with Crippen molar-refractivity contribution in [1.29, 1.82) is 0 Å². The van der Waals surface area contributed by atoms with Crippen LogP contribution in [0.1, 0.15) is 11.1 Å². The number of benzene rings is 1. The van der Waals surface area contributed by atoms with Gasteiger partial charge in [0.05, 0.1) is 13.2 Å². The number of anilines is 1. The Labute approximate surface area is 180 Å². The van der Waals surface area contributed by atoms with Crippen LogP contribution in [0.15, 0.2) is 35.5 Å². The molecular formula is C19H18ClF3N4O4. The molecule has 1 aromatic heterocycles. The second-order valence-corrected chi connectivity index (χ2v) is 7.00. The highest BCUT2D eigenvalue weighted by Gasteiger charge is 2.46. The molecule has 2 aromatic rings. The van der Waals surface area contributed by atoms with Crippen LogP contribution in [0, 0.1) is 5.82 Å². The van der Waals surface area contributed by atoms with Gasteiger partial charge in [-0.25, -0.2) is 22.9 Å². The number of carbonyl (C=O) groups excluding carboxylic acids is 1. The lowest BCUT2D eigenvalue weighted by Crippen LogP contribution is -2.45. The third-order valence-electron chi connectivity index (χ3n) is 4.32. The predicted molar refractivity (Wildman–Crippen MR) is 106 cm³/mol. The van der Waals surface area contributed by atoms with E-state index in [4.69, 9.17) is 31.5 Å².